The van der Waals surface area contributed by atoms with Crippen molar-refractivity contribution in [2.75, 3.05) is 6.26 Å². The van der Waals surface area contributed by atoms with E-state index in [9.17, 15) is 4.79 Å². The molecule has 1 aliphatic heterocycles. The van der Waals surface area contributed by atoms with Crippen LogP contribution < -0.4 is 0 Å². The molecule has 1 aromatic rings. The van der Waals surface area contributed by atoms with Crippen LogP contribution in [0.3, 0.4) is 0 Å². The Bertz CT molecular complexity index is 398. The van der Waals surface area contributed by atoms with Crippen LogP contribution in [0.25, 0.3) is 0 Å². The van der Waals surface area contributed by atoms with Crippen LogP contribution in [0.5, 0.6) is 0 Å². The third-order valence-electron chi connectivity index (χ3n) is 2.25. The highest BCUT2D eigenvalue weighted by atomic mass is 32.2. The van der Waals surface area contributed by atoms with Gasteiger partial charge in [-0.1, -0.05) is 12.1 Å². The Balaban J connectivity index is 2.50. The van der Waals surface area contributed by atoms with Crippen LogP contribution >= 0.6 is 11.8 Å². The number of carbonyl (C=O) groups excluding carboxylic acids is 1. The van der Waals surface area contributed by atoms with E-state index in [-0.39, 0.29) is 5.78 Å². The van der Waals surface area contributed by atoms with Gasteiger partial charge in [-0.25, -0.2) is 4.99 Å². The molecule has 1 heterocycles. The van der Waals surface area contributed by atoms with E-state index in [2.05, 4.69) is 4.99 Å². The Morgan fingerprint density at radius 3 is 2.86 bits per heavy atom. The molecule has 0 aromatic heterocycles. The zero-order valence-corrected chi connectivity index (χ0v) is 8.80. The summed E-state index contributed by atoms with van der Waals surface area (Å²) in [6.07, 6.45) is 3.35. The van der Waals surface area contributed by atoms with Crippen LogP contribution in [0, 0.1) is 0 Å². The molecular formula is C11H11NOS. The van der Waals surface area contributed by atoms with Crippen molar-refractivity contribution < 1.29 is 4.79 Å². The first kappa shape index (κ1) is 9.46. The molecule has 0 bridgehead atoms. The largest absolute Gasteiger partial charge is 0.294 e. The highest BCUT2D eigenvalue weighted by Crippen LogP contribution is 2.26. The van der Waals surface area contributed by atoms with Crippen molar-refractivity contribution in [1.82, 2.24) is 0 Å². The zero-order valence-electron chi connectivity index (χ0n) is 7.99. The van der Waals surface area contributed by atoms with E-state index in [0.29, 0.717) is 6.42 Å². The molecule has 2 nitrogen and oxygen atoms in total. The molecule has 0 spiro atoms. The maximum absolute atomic E-state index is 11.7. The number of carbonyl (C=O) groups is 1. The van der Waals surface area contributed by atoms with Crippen LogP contribution in [0.4, 0.5) is 5.69 Å². The van der Waals surface area contributed by atoms with Gasteiger partial charge in [0.25, 0.3) is 0 Å². The maximum atomic E-state index is 11.7. The number of thioether (sulfide) groups is 1. The average molecular weight is 205 g/mol. The molecule has 1 aromatic carbocycles. The summed E-state index contributed by atoms with van der Waals surface area (Å²) in [6.45, 7) is 0. The minimum absolute atomic E-state index is 0.202. The molecule has 72 valence electrons. The van der Waals surface area contributed by atoms with Crippen molar-refractivity contribution in [3.63, 3.8) is 0 Å². The molecule has 0 saturated heterocycles. The van der Waals surface area contributed by atoms with Crippen LogP contribution in [-0.2, 0) is 0 Å². The highest BCUT2D eigenvalue weighted by Gasteiger charge is 2.15. The third-order valence-corrected chi connectivity index (χ3v) is 3.02. The fraction of sp³-hybridized carbons (Fsp3) is 0.273. The lowest BCUT2D eigenvalue weighted by Gasteiger charge is -1.99. The van der Waals surface area contributed by atoms with E-state index in [1.807, 2.05) is 30.5 Å². The fourth-order valence-corrected chi connectivity index (χ4v) is 2.00. The summed E-state index contributed by atoms with van der Waals surface area (Å²) >= 11 is 1.62. The fourth-order valence-electron chi connectivity index (χ4n) is 1.50. The molecule has 2 rings (SSSR count). The normalized spacial score (nSPS) is 15.8. The predicted molar refractivity (Wildman–Crippen MR) is 60.6 cm³/mol. The molecule has 0 unspecified atom stereocenters. The van der Waals surface area contributed by atoms with Crippen molar-refractivity contribution in [3.05, 3.63) is 29.8 Å². The van der Waals surface area contributed by atoms with Gasteiger partial charge in [0, 0.05) is 18.4 Å². The van der Waals surface area contributed by atoms with Gasteiger partial charge in [-0.15, -0.1) is 11.8 Å². The van der Waals surface area contributed by atoms with Gasteiger partial charge in [-0.2, -0.15) is 0 Å². The van der Waals surface area contributed by atoms with E-state index in [0.717, 1.165) is 22.7 Å². The standard InChI is InChI=1S/C11H11NOS/c1-14-11-7-6-10(13)8-4-2-3-5-9(8)12-11/h2-5H,6-7H2,1H3. The molecule has 0 fully saturated rings. The molecule has 0 N–H and O–H groups in total. The summed E-state index contributed by atoms with van der Waals surface area (Å²) in [5.41, 5.74) is 1.58. The van der Waals surface area contributed by atoms with Crippen LogP contribution in [-0.4, -0.2) is 17.1 Å². The van der Waals surface area contributed by atoms with Crippen molar-refractivity contribution in [1.29, 1.82) is 0 Å². The molecule has 1 aliphatic rings. The van der Waals surface area contributed by atoms with Gasteiger partial charge >= 0.3 is 0 Å². The number of benzene rings is 1. The Kier molecular flexibility index (Phi) is 2.68. The van der Waals surface area contributed by atoms with Gasteiger partial charge in [0.05, 0.1) is 10.7 Å². The van der Waals surface area contributed by atoms with E-state index in [1.165, 1.54) is 0 Å². The summed E-state index contributed by atoms with van der Waals surface area (Å²) in [7, 11) is 0. The van der Waals surface area contributed by atoms with E-state index in [4.69, 9.17) is 0 Å². The lowest BCUT2D eigenvalue weighted by atomic mass is 10.1. The minimum Gasteiger partial charge on any atom is -0.294 e. The van der Waals surface area contributed by atoms with Gasteiger partial charge in [0.1, 0.15) is 0 Å². The molecule has 0 amide bonds. The topological polar surface area (TPSA) is 29.4 Å². The first-order valence-corrected chi connectivity index (χ1v) is 5.77. The summed E-state index contributed by atoms with van der Waals surface area (Å²) in [6, 6.07) is 7.55. The van der Waals surface area contributed by atoms with Gasteiger partial charge < -0.3 is 0 Å². The quantitative estimate of drug-likeness (QED) is 0.651. The number of Topliss-reactive ketones (excluding diaryl/α,β-unsaturated/α-hetero) is 1. The Hall–Kier alpha value is -1.09. The second-order valence-electron chi connectivity index (χ2n) is 3.15. The second-order valence-corrected chi connectivity index (χ2v) is 4.03. The minimum atomic E-state index is 0.202. The maximum Gasteiger partial charge on any atom is 0.165 e. The van der Waals surface area contributed by atoms with E-state index in [1.54, 1.807) is 11.8 Å². The van der Waals surface area contributed by atoms with Crippen LogP contribution in [0.1, 0.15) is 23.2 Å². The Labute approximate surface area is 87.4 Å². The number of hydrogen-bond acceptors (Lipinski definition) is 3. The number of nitrogens with zero attached hydrogens (tertiary/aromatic N) is 1. The van der Waals surface area contributed by atoms with Gasteiger partial charge in [0.15, 0.2) is 5.78 Å². The molecule has 0 atom stereocenters. The molecule has 3 heteroatoms. The number of hydrogen-bond donors (Lipinski definition) is 0. The van der Waals surface area contributed by atoms with Crippen molar-refractivity contribution in [2.24, 2.45) is 4.99 Å². The van der Waals surface area contributed by atoms with Crippen molar-refractivity contribution in [3.8, 4) is 0 Å². The molecule has 14 heavy (non-hydrogen) atoms. The monoisotopic (exact) mass is 205 g/mol. The Morgan fingerprint density at radius 2 is 2.07 bits per heavy atom. The lowest BCUT2D eigenvalue weighted by molar-refractivity contribution is 0.0986. The number of para-hydroxylation sites is 1. The summed E-state index contributed by atoms with van der Waals surface area (Å²) < 4.78 is 0. The van der Waals surface area contributed by atoms with Crippen molar-refractivity contribution >= 4 is 28.3 Å². The third kappa shape index (κ3) is 1.73. The molecule has 0 aliphatic carbocycles. The van der Waals surface area contributed by atoms with Gasteiger partial charge in [0.2, 0.25) is 0 Å². The molecular weight excluding hydrogens is 194 g/mol. The number of rotatable bonds is 0. The SMILES string of the molecule is CSC1=Nc2ccccc2C(=O)CC1. The van der Waals surface area contributed by atoms with Gasteiger partial charge in [-0.3, -0.25) is 4.79 Å². The number of ketones is 1. The van der Waals surface area contributed by atoms with Crippen LogP contribution in [0.15, 0.2) is 29.3 Å². The Morgan fingerprint density at radius 1 is 1.29 bits per heavy atom. The first-order chi connectivity index (χ1) is 6.81. The number of fused-ring (bicyclic) bond motifs is 1. The first-order valence-electron chi connectivity index (χ1n) is 4.55. The van der Waals surface area contributed by atoms with E-state index >= 15 is 0 Å². The zero-order chi connectivity index (χ0) is 9.97. The summed E-state index contributed by atoms with van der Waals surface area (Å²) in [4.78, 5) is 16.2. The smallest absolute Gasteiger partial charge is 0.165 e. The van der Waals surface area contributed by atoms with Gasteiger partial charge in [-0.05, 0) is 18.4 Å². The highest BCUT2D eigenvalue weighted by molar-refractivity contribution is 8.13. The second kappa shape index (κ2) is 3.96. The lowest BCUT2D eigenvalue weighted by Crippen LogP contribution is -1.98. The number of aliphatic imine (C=N–C) groups is 1. The predicted octanol–water partition coefficient (Wildman–Crippen LogP) is 3.06. The molecule has 0 radical (unpaired) electrons. The molecule has 0 saturated carbocycles. The van der Waals surface area contributed by atoms with Crippen molar-refractivity contribution in [2.45, 2.75) is 12.8 Å². The average Bonchev–Trinajstić information content (AvgIpc) is 2.39. The summed E-state index contributed by atoms with van der Waals surface area (Å²) in [5, 5.41) is 1.04. The van der Waals surface area contributed by atoms with Crippen LogP contribution in [0.2, 0.25) is 0 Å². The van der Waals surface area contributed by atoms with E-state index < -0.39 is 0 Å². The summed E-state index contributed by atoms with van der Waals surface area (Å²) in [5.74, 6) is 0.202.